The Morgan fingerprint density at radius 1 is 1.12 bits per heavy atom. The van der Waals surface area contributed by atoms with Crippen molar-refractivity contribution in [3.05, 3.63) is 60.2 Å². The van der Waals surface area contributed by atoms with Crippen molar-refractivity contribution in [2.75, 3.05) is 29.9 Å². The van der Waals surface area contributed by atoms with Crippen molar-refractivity contribution < 1.29 is 4.79 Å². The fourth-order valence-corrected chi connectivity index (χ4v) is 3.11. The van der Waals surface area contributed by atoms with Gasteiger partial charge in [0.15, 0.2) is 0 Å². The molecule has 0 spiro atoms. The molecular formula is C20H25N3O. The summed E-state index contributed by atoms with van der Waals surface area (Å²) in [5, 5.41) is 5.89. The van der Waals surface area contributed by atoms with E-state index < -0.39 is 0 Å². The van der Waals surface area contributed by atoms with Gasteiger partial charge >= 0.3 is 6.03 Å². The third-order valence-electron chi connectivity index (χ3n) is 4.58. The highest BCUT2D eigenvalue weighted by Gasteiger charge is 2.22. The number of nitrogens with one attached hydrogen (secondary N) is 2. The zero-order chi connectivity index (χ0) is 16.8. The molecule has 1 aliphatic heterocycles. The minimum atomic E-state index is -0.127. The van der Waals surface area contributed by atoms with Crippen LogP contribution < -0.4 is 15.5 Å². The molecular weight excluding hydrogens is 298 g/mol. The van der Waals surface area contributed by atoms with Crippen LogP contribution in [0.25, 0.3) is 0 Å². The zero-order valence-corrected chi connectivity index (χ0v) is 14.2. The van der Waals surface area contributed by atoms with Crippen LogP contribution in [-0.2, 0) is 6.42 Å². The maximum absolute atomic E-state index is 12.0. The van der Waals surface area contributed by atoms with Crippen molar-refractivity contribution in [3.8, 4) is 0 Å². The number of hydrogen-bond acceptors (Lipinski definition) is 2. The van der Waals surface area contributed by atoms with Crippen LogP contribution in [0.3, 0.4) is 0 Å². The van der Waals surface area contributed by atoms with Crippen molar-refractivity contribution in [1.82, 2.24) is 5.32 Å². The van der Waals surface area contributed by atoms with E-state index in [1.807, 2.05) is 30.3 Å². The number of para-hydroxylation sites is 1. The number of carbonyl (C=O) groups excluding carboxylic acids is 1. The number of rotatable bonds is 5. The van der Waals surface area contributed by atoms with Gasteiger partial charge in [-0.2, -0.15) is 0 Å². The molecule has 2 aromatic carbocycles. The second kappa shape index (κ2) is 7.86. The standard InChI is InChI=1S/C20H25N3O/c1-2-16-8-10-18(11-9-16)22-20(24)21-14-17-12-13-23(15-17)19-6-4-3-5-7-19/h3-11,17H,2,12-15H2,1H3,(H2,21,22,24)/t17-/m0/s1. The van der Waals surface area contributed by atoms with Crippen molar-refractivity contribution in [2.24, 2.45) is 5.92 Å². The van der Waals surface area contributed by atoms with Crippen molar-refractivity contribution in [1.29, 1.82) is 0 Å². The number of anilines is 2. The maximum Gasteiger partial charge on any atom is 0.319 e. The lowest BCUT2D eigenvalue weighted by Crippen LogP contribution is -2.34. The van der Waals surface area contributed by atoms with Gasteiger partial charge in [-0.1, -0.05) is 37.3 Å². The molecule has 24 heavy (non-hydrogen) atoms. The average molecular weight is 323 g/mol. The first-order valence-corrected chi connectivity index (χ1v) is 8.68. The molecule has 1 fully saturated rings. The fourth-order valence-electron chi connectivity index (χ4n) is 3.11. The summed E-state index contributed by atoms with van der Waals surface area (Å²) in [6.45, 7) is 4.88. The summed E-state index contributed by atoms with van der Waals surface area (Å²) in [6.07, 6.45) is 2.12. The molecule has 1 atom stereocenters. The van der Waals surface area contributed by atoms with Crippen molar-refractivity contribution in [2.45, 2.75) is 19.8 Å². The van der Waals surface area contributed by atoms with E-state index in [-0.39, 0.29) is 6.03 Å². The molecule has 1 aliphatic rings. The summed E-state index contributed by atoms with van der Waals surface area (Å²) in [6, 6.07) is 18.3. The third kappa shape index (κ3) is 4.28. The van der Waals surface area contributed by atoms with Crippen LogP contribution in [0, 0.1) is 5.92 Å². The first-order valence-electron chi connectivity index (χ1n) is 8.68. The normalized spacial score (nSPS) is 16.9. The second-order valence-corrected chi connectivity index (χ2v) is 6.32. The molecule has 126 valence electrons. The Labute approximate surface area is 143 Å². The van der Waals surface area contributed by atoms with Crippen LogP contribution >= 0.6 is 0 Å². The summed E-state index contributed by atoms with van der Waals surface area (Å²) in [4.78, 5) is 14.4. The van der Waals surface area contributed by atoms with E-state index in [0.717, 1.165) is 31.6 Å². The number of urea groups is 1. The molecule has 0 aromatic heterocycles. The molecule has 2 aromatic rings. The predicted molar refractivity (Wildman–Crippen MR) is 99.6 cm³/mol. The summed E-state index contributed by atoms with van der Waals surface area (Å²) in [7, 11) is 0. The highest BCUT2D eigenvalue weighted by atomic mass is 16.2. The first kappa shape index (κ1) is 16.4. The van der Waals surface area contributed by atoms with E-state index in [1.165, 1.54) is 11.3 Å². The molecule has 2 amide bonds. The van der Waals surface area contributed by atoms with Crippen LogP contribution in [0.15, 0.2) is 54.6 Å². The molecule has 0 unspecified atom stereocenters. The monoisotopic (exact) mass is 323 g/mol. The lowest BCUT2D eigenvalue weighted by Gasteiger charge is -2.18. The second-order valence-electron chi connectivity index (χ2n) is 6.32. The van der Waals surface area contributed by atoms with E-state index in [2.05, 4.69) is 46.7 Å². The van der Waals surface area contributed by atoms with E-state index >= 15 is 0 Å². The van der Waals surface area contributed by atoms with Crippen molar-refractivity contribution >= 4 is 17.4 Å². The van der Waals surface area contributed by atoms with Gasteiger partial charge in [0.2, 0.25) is 0 Å². The maximum atomic E-state index is 12.0. The number of amides is 2. The molecule has 4 nitrogen and oxygen atoms in total. The number of aryl methyl sites for hydroxylation is 1. The smallest absolute Gasteiger partial charge is 0.319 e. The Hall–Kier alpha value is -2.49. The van der Waals surface area contributed by atoms with Gasteiger partial charge in [-0.3, -0.25) is 0 Å². The molecule has 0 saturated carbocycles. The minimum absolute atomic E-state index is 0.127. The number of hydrogen-bond donors (Lipinski definition) is 2. The molecule has 0 radical (unpaired) electrons. The van der Waals surface area contributed by atoms with Crippen LogP contribution in [0.1, 0.15) is 18.9 Å². The van der Waals surface area contributed by atoms with E-state index in [9.17, 15) is 4.79 Å². The molecule has 3 rings (SSSR count). The van der Waals surface area contributed by atoms with E-state index in [0.29, 0.717) is 12.5 Å². The molecule has 2 N–H and O–H groups in total. The molecule has 0 aliphatic carbocycles. The van der Waals surface area contributed by atoms with Gasteiger partial charge in [0.05, 0.1) is 0 Å². The number of carbonyl (C=O) groups is 1. The molecule has 1 saturated heterocycles. The summed E-state index contributed by atoms with van der Waals surface area (Å²) in [5.41, 5.74) is 3.37. The van der Waals surface area contributed by atoms with E-state index in [1.54, 1.807) is 0 Å². The summed E-state index contributed by atoms with van der Waals surface area (Å²) >= 11 is 0. The lowest BCUT2D eigenvalue weighted by molar-refractivity contribution is 0.250. The van der Waals surface area contributed by atoms with E-state index in [4.69, 9.17) is 0 Å². The van der Waals surface area contributed by atoms with Gasteiger partial charge < -0.3 is 15.5 Å². The highest BCUT2D eigenvalue weighted by molar-refractivity contribution is 5.89. The molecule has 4 heteroatoms. The van der Waals surface area contributed by atoms with Gasteiger partial charge in [-0.15, -0.1) is 0 Å². The largest absolute Gasteiger partial charge is 0.371 e. The first-order chi connectivity index (χ1) is 11.7. The Morgan fingerprint density at radius 3 is 2.58 bits per heavy atom. The van der Waals surface area contributed by atoms with Gasteiger partial charge in [0.25, 0.3) is 0 Å². The SMILES string of the molecule is CCc1ccc(NC(=O)NC[C@@H]2CCN(c3ccccc3)C2)cc1. The average Bonchev–Trinajstić information content (AvgIpc) is 3.10. The van der Waals surface area contributed by atoms with Crippen LogP contribution in [0.2, 0.25) is 0 Å². The number of benzene rings is 2. The minimum Gasteiger partial charge on any atom is -0.371 e. The van der Waals surface area contributed by atoms with Gasteiger partial charge in [0.1, 0.15) is 0 Å². The topological polar surface area (TPSA) is 44.4 Å². The van der Waals surface area contributed by atoms with Gasteiger partial charge in [-0.05, 0) is 48.6 Å². The van der Waals surface area contributed by atoms with Crippen LogP contribution in [0.4, 0.5) is 16.2 Å². The Kier molecular flexibility index (Phi) is 5.36. The van der Waals surface area contributed by atoms with Gasteiger partial charge in [0, 0.05) is 31.0 Å². The number of nitrogens with zero attached hydrogens (tertiary/aromatic N) is 1. The highest BCUT2D eigenvalue weighted by Crippen LogP contribution is 2.22. The Bertz CT molecular complexity index is 654. The van der Waals surface area contributed by atoms with Crippen molar-refractivity contribution in [3.63, 3.8) is 0 Å². The quantitative estimate of drug-likeness (QED) is 0.876. The summed E-state index contributed by atoms with van der Waals surface area (Å²) in [5.74, 6) is 0.499. The third-order valence-corrected chi connectivity index (χ3v) is 4.58. The molecule has 0 bridgehead atoms. The fraction of sp³-hybridized carbons (Fsp3) is 0.350. The van der Waals surface area contributed by atoms with Crippen LogP contribution in [0.5, 0.6) is 0 Å². The Morgan fingerprint density at radius 2 is 1.88 bits per heavy atom. The molecule has 1 heterocycles. The summed E-state index contributed by atoms with van der Waals surface area (Å²) < 4.78 is 0. The van der Waals surface area contributed by atoms with Crippen LogP contribution in [-0.4, -0.2) is 25.7 Å². The van der Waals surface area contributed by atoms with Gasteiger partial charge in [-0.25, -0.2) is 4.79 Å². The zero-order valence-electron chi connectivity index (χ0n) is 14.2. The Balaban J connectivity index is 1.43. The predicted octanol–water partition coefficient (Wildman–Crippen LogP) is 3.90. The lowest BCUT2D eigenvalue weighted by atomic mass is 10.1.